The van der Waals surface area contributed by atoms with Crippen LogP contribution in [0.15, 0.2) is 6.07 Å². The van der Waals surface area contributed by atoms with Crippen LogP contribution in [0.4, 0.5) is 10.7 Å². The fourth-order valence-electron chi connectivity index (χ4n) is 1.31. The van der Waals surface area contributed by atoms with Crippen LogP contribution in [-0.2, 0) is 4.79 Å². The number of carbonyl (C=O) groups is 1. The Morgan fingerprint density at radius 3 is 2.76 bits per heavy atom. The monoisotopic (exact) mass is 259 g/mol. The molecule has 1 rings (SSSR count). The lowest BCUT2D eigenvalue weighted by Gasteiger charge is -2.13. The molecule has 94 valence electrons. The maximum Gasteiger partial charge on any atom is 0.304 e. The maximum atomic E-state index is 10.8. The molecule has 0 saturated heterocycles. The van der Waals surface area contributed by atoms with Crippen LogP contribution in [0.3, 0.4) is 0 Å². The summed E-state index contributed by atoms with van der Waals surface area (Å²) in [5, 5.41) is 20.5. The number of nitrogens with two attached hydrogens (primary N) is 1. The highest BCUT2D eigenvalue weighted by Crippen LogP contribution is 2.39. The van der Waals surface area contributed by atoms with Crippen molar-refractivity contribution >= 4 is 27.9 Å². The Kier molecular flexibility index (Phi) is 4.02. The number of aliphatic hydroxyl groups is 1. The van der Waals surface area contributed by atoms with Crippen molar-refractivity contribution in [2.45, 2.75) is 13.0 Å². The molecule has 1 heterocycles. The predicted molar refractivity (Wildman–Crippen MR) is 64.1 cm³/mol. The van der Waals surface area contributed by atoms with Gasteiger partial charge in [-0.15, -0.1) is 11.3 Å². The minimum absolute atomic E-state index is 0.111. The van der Waals surface area contributed by atoms with Crippen molar-refractivity contribution in [3.63, 3.8) is 0 Å². The lowest BCUT2D eigenvalue weighted by molar-refractivity contribution is -0.383. The van der Waals surface area contributed by atoms with E-state index < -0.39 is 16.9 Å². The van der Waals surface area contributed by atoms with E-state index in [9.17, 15) is 20.0 Å². The second kappa shape index (κ2) is 5.11. The molecule has 0 spiro atoms. The summed E-state index contributed by atoms with van der Waals surface area (Å²) in [5.41, 5.74) is 4.90. The van der Waals surface area contributed by atoms with E-state index in [2.05, 4.69) is 0 Å². The quantitative estimate of drug-likeness (QED) is 0.595. The molecule has 8 heteroatoms. The van der Waals surface area contributed by atoms with Crippen LogP contribution in [0.1, 0.15) is 17.9 Å². The Balaban J connectivity index is 3.11. The number of hydrogen-bond acceptors (Lipinski definition) is 6. The van der Waals surface area contributed by atoms with Gasteiger partial charge >= 0.3 is 5.69 Å². The summed E-state index contributed by atoms with van der Waals surface area (Å²) in [7, 11) is 1.54. The number of rotatable bonds is 5. The summed E-state index contributed by atoms with van der Waals surface area (Å²) < 4.78 is 0. The Bertz CT molecular complexity index is 443. The van der Waals surface area contributed by atoms with E-state index in [0.29, 0.717) is 9.88 Å². The van der Waals surface area contributed by atoms with Gasteiger partial charge in [0.1, 0.15) is 0 Å². The van der Waals surface area contributed by atoms with Gasteiger partial charge in [0, 0.05) is 18.0 Å². The van der Waals surface area contributed by atoms with Gasteiger partial charge < -0.3 is 15.7 Å². The molecule has 1 atom stereocenters. The number of primary amides is 1. The van der Waals surface area contributed by atoms with Crippen LogP contribution in [0.5, 0.6) is 0 Å². The molecular formula is C9H13N3O4S. The van der Waals surface area contributed by atoms with E-state index in [1.165, 1.54) is 24.9 Å². The highest BCUT2D eigenvalue weighted by atomic mass is 32.1. The highest BCUT2D eigenvalue weighted by molar-refractivity contribution is 7.16. The Hall–Kier alpha value is -1.67. The fraction of sp³-hybridized carbons (Fsp3) is 0.444. The number of nitrogens with zero attached hydrogens (tertiary/aromatic N) is 2. The Morgan fingerprint density at radius 2 is 2.35 bits per heavy atom. The summed E-state index contributed by atoms with van der Waals surface area (Å²) >= 11 is 1.07. The van der Waals surface area contributed by atoms with Gasteiger partial charge in [0.2, 0.25) is 5.91 Å². The van der Waals surface area contributed by atoms with E-state index in [1.807, 2.05) is 0 Å². The second-order valence-corrected chi connectivity index (χ2v) is 4.66. The molecule has 1 unspecified atom stereocenters. The van der Waals surface area contributed by atoms with Crippen molar-refractivity contribution in [2.75, 3.05) is 18.5 Å². The molecule has 1 aromatic rings. The average Bonchev–Trinajstić information content (AvgIpc) is 2.60. The van der Waals surface area contributed by atoms with Gasteiger partial charge in [-0.05, 0) is 6.92 Å². The van der Waals surface area contributed by atoms with Crippen LogP contribution in [0.2, 0.25) is 0 Å². The molecular weight excluding hydrogens is 246 g/mol. The molecule has 0 aliphatic rings. The molecule has 17 heavy (non-hydrogen) atoms. The van der Waals surface area contributed by atoms with Gasteiger partial charge in [-0.1, -0.05) is 0 Å². The molecule has 1 amide bonds. The highest BCUT2D eigenvalue weighted by Gasteiger charge is 2.24. The topological polar surface area (TPSA) is 110 Å². The van der Waals surface area contributed by atoms with Gasteiger partial charge in [0.05, 0.1) is 17.6 Å². The third-order valence-corrected chi connectivity index (χ3v) is 3.47. The second-order valence-electron chi connectivity index (χ2n) is 3.59. The summed E-state index contributed by atoms with van der Waals surface area (Å²) in [5.74, 6) is -0.575. The smallest absolute Gasteiger partial charge is 0.304 e. The third-order valence-electron chi connectivity index (χ3n) is 2.06. The Labute approximate surface area is 102 Å². The van der Waals surface area contributed by atoms with E-state index in [4.69, 9.17) is 5.73 Å². The van der Waals surface area contributed by atoms with Crippen molar-refractivity contribution in [3.8, 4) is 0 Å². The van der Waals surface area contributed by atoms with Crippen molar-refractivity contribution in [1.82, 2.24) is 0 Å². The number of aliphatic hydroxyl groups excluding tert-OH is 1. The van der Waals surface area contributed by atoms with E-state index in [0.717, 1.165) is 11.3 Å². The van der Waals surface area contributed by atoms with Crippen molar-refractivity contribution in [2.24, 2.45) is 5.73 Å². The number of likely N-dealkylation sites (N-methyl/N-ethyl adjacent to an activating group) is 1. The summed E-state index contributed by atoms with van der Waals surface area (Å²) in [6, 6.07) is 1.31. The summed E-state index contributed by atoms with van der Waals surface area (Å²) in [6.45, 7) is 1.41. The molecule has 0 aromatic carbocycles. The molecule has 7 nitrogen and oxygen atoms in total. The molecule has 1 aromatic heterocycles. The molecule has 0 radical (unpaired) electrons. The van der Waals surface area contributed by atoms with Gasteiger partial charge in [0.15, 0.2) is 5.00 Å². The molecule has 0 bridgehead atoms. The molecule has 0 aliphatic carbocycles. The van der Waals surface area contributed by atoms with Crippen LogP contribution in [0.25, 0.3) is 0 Å². The van der Waals surface area contributed by atoms with E-state index in [-0.39, 0.29) is 12.2 Å². The Morgan fingerprint density at radius 1 is 1.76 bits per heavy atom. The lowest BCUT2D eigenvalue weighted by atomic mass is 10.3. The first kappa shape index (κ1) is 13.4. The van der Waals surface area contributed by atoms with Crippen LogP contribution >= 0.6 is 11.3 Å². The van der Waals surface area contributed by atoms with Crippen LogP contribution < -0.4 is 10.6 Å². The first-order chi connectivity index (χ1) is 7.82. The first-order valence-electron chi connectivity index (χ1n) is 4.78. The third kappa shape index (κ3) is 3.14. The van der Waals surface area contributed by atoms with E-state index >= 15 is 0 Å². The predicted octanol–water partition coefficient (Wildman–Crippen LogP) is 0.631. The minimum atomic E-state index is -0.783. The first-order valence-corrected chi connectivity index (χ1v) is 5.60. The molecule has 0 aliphatic heterocycles. The number of anilines is 1. The van der Waals surface area contributed by atoms with Crippen molar-refractivity contribution < 1.29 is 14.8 Å². The number of carbonyl (C=O) groups excluding carboxylic acids is 1. The van der Waals surface area contributed by atoms with Crippen LogP contribution in [-0.4, -0.2) is 29.5 Å². The molecule has 0 saturated carbocycles. The number of thiophene rings is 1. The summed E-state index contributed by atoms with van der Waals surface area (Å²) in [6.07, 6.45) is -0.783. The number of hydrogen-bond donors (Lipinski definition) is 2. The average molecular weight is 259 g/mol. The summed E-state index contributed by atoms with van der Waals surface area (Å²) in [4.78, 5) is 22.9. The largest absolute Gasteiger partial charge is 0.388 e. The lowest BCUT2D eigenvalue weighted by Crippen LogP contribution is -2.30. The van der Waals surface area contributed by atoms with Gasteiger partial charge in [-0.25, -0.2) is 0 Å². The van der Waals surface area contributed by atoms with Gasteiger partial charge in [0.25, 0.3) is 0 Å². The van der Waals surface area contributed by atoms with E-state index in [1.54, 1.807) is 0 Å². The normalized spacial score (nSPS) is 12.2. The fourth-order valence-corrected chi connectivity index (χ4v) is 2.33. The molecule has 0 fully saturated rings. The van der Waals surface area contributed by atoms with Crippen molar-refractivity contribution in [1.29, 1.82) is 0 Å². The zero-order valence-corrected chi connectivity index (χ0v) is 10.2. The minimum Gasteiger partial charge on any atom is -0.388 e. The molecule has 3 N–H and O–H groups in total. The van der Waals surface area contributed by atoms with Gasteiger partial charge in [-0.3, -0.25) is 14.9 Å². The zero-order valence-electron chi connectivity index (χ0n) is 9.41. The number of nitro groups is 1. The maximum absolute atomic E-state index is 10.8. The zero-order chi connectivity index (χ0) is 13.2. The van der Waals surface area contributed by atoms with Gasteiger partial charge in [-0.2, -0.15) is 0 Å². The number of amides is 1. The van der Waals surface area contributed by atoms with Crippen LogP contribution in [0, 0.1) is 10.1 Å². The SMILES string of the molecule is CC(O)c1cc([N+](=O)[O-])c(N(C)CC(N)=O)s1. The standard InChI is InChI=1S/C9H13N3O4S/c1-5(13)7-3-6(12(15)16)9(17-7)11(2)4-8(10)14/h3,5,13H,4H2,1-2H3,(H2,10,14). The van der Waals surface area contributed by atoms with Crippen molar-refractivity contribution in [3.05, 3.63) is 21.1 Å².